The van der Waals surface area contributed by atoms with E-state index in [9.17, 15) is 4.79 Å². The number of carbonyl (C=O) groups excluding carboxylic acids is 1. The summed E-state index contributed by atoms with van der Waals surface area (Å²) in [6.45, 7) is 2.17. The van der Waals surface area contributed by atoms with Crippen LogP contribution in [0.25, 0.3) is 11.3 Å². The molecule has 1 N–H and O–H groups in total. The highest BCUT2D eigenvalue weighted by molar-refractivity contribution is 6.03. The van der Waals surface area contributed by atoms with Gasteiger partial charge in [0.05, 0.1) is 23.9 Å². The molecule has 1 aliphatic heterocycles. The number of allylic oxidation sites excluding steroid dienone is 2. The van der Waals surface area contributed by atoms with Crippen molar-refractivity contribution >= 4 is 17.2 Å². The molecule has 1 aliphatic rings. The summed E-state index contributed by atoms with van der Waals surface area (Å²) in [7, 11) is 0. The lowest BCUT2D eigenvalue weighted by Crippen LogP contribution is -2.30. The van der Waals surface area contributed by atoms with Crippen molar-refractivity contribution in [2.24, 2.45) is 0 Å². The molecule has 3 heteroatoms. The van der Waals surface area contributed by atoms with Crippen molar-refractivity contribution in [3.8, 4) is 0 Å². The van der Waals surface area contributed by atoms with Crippen LogP contribution in [-0.2, 0) is 9.53 Å². The van der Waals surface area contributed by atoms with Gasteiger partial charge in [0.25, 0.3) is 0 Å². The Kier molecular flexibility index (Phi) is 5.57. The minimum absolute atomic E-state index is 0.280. The molecule has 0 amide bonds. The van der Waals surface area contributed by atoms with Crippen molar-refractivity contribution in [3.05, 3.63) is 119 Å². The summed E-state index contributed by atoms with van der Waals surface area (Å²) in [6, 6.07) is 30.0. The average molecular weight is 381 g/mol. The lowest BCUT2D eigenvalue weighted by molar-refractivity contribution is -0.138. The zero-order valence-corrected chi connectivity index (χ0v) is 16.3. The summed E-state index contributed by atoms with van der Waals surface area (Å²) in [5.41, 5.74) is 5.73. The van der Waals surface area contributed by atoms with Crippen LogP contribution in [0.5, 0.6) is 0 Å². The van der Waals surface area contributed by atoms with Crippen molar-refractivity contribution in [1.29, 1.82) is 0 Å². The van der Waals surface area contributed by atoms with Gasteiger partial charge in [0.2, 0.25) is 0 Å². The van der Waals surface area contributed by atoms with Gasteiger partial charge in [0, 0.05) is 5.57 Å². The smallest absolute Gasteiger partial charge is 0.336 e. The van der Waals surface area contributed by atoms with Crippen LogP contribution in [0.4, 0.5) is 0 Å². The molecule has 0 bridgehead atoms. The van der Waals surface area contributed by atoms with E-state index in [1.807, 2.05) is 79.7 Å². The Morgan fingerprint density at radius 3 is 1.97 bits per heavy atom. The van der Waals surface area contributed by atoms with E-state index in [1.165, 1.54) is 0 Å². The number of nitrogens with one attached hydrogen (secondary N) is 1. The number of ether oxygens (including phenoxy) is 1. The molecule has 0 radical (unpaired) electrons. The Morgan fingerprint density at radius 2 is 1.38 bits per heavy atom. The largest absolute Gasteiger partial charge is 0.463 e. The Labute approximate surface area is 171 Å². The molecule has 0 saturated heterocycles. The van der Waals surface area contributed by atoms with Crippen molar-refractivity contribution in [2.75, 3.05) is 6.61 Å². The van der Waals surface area contributed by atoms with Gasteiger partial charge in [-0.2, -0.15) is 0 Å². The van der Waals surface area contributed by atoms with Gasteiger partial charge in [-0.15, -0.1) is 0 Å². The normalized spacial score (nSPS) is 16.0. The Bertz CT molecular complexity index is 1040. The van der Waals surface area contributed by atoms with Crippen LogP contribution in [0.2, 0.25) is 0 Å². The van der Waals surface area contributed by atoms with E-state index >= 15 is 0 Å². The van der Waals surface area contributed by atoms with Gasteiger partial charge in [-0.1, -0.05) is 91.0 Å². The van der Waals surface area contributed by atoms with Gasteiger partial charge in [0.15, 0.2) is 0 Å². The third kappa shape index (κ3) is 3.99. The summed E-state index contributed by atoms with van der Waals surface area (Å²) >= 11 is 0. The van der Waals surface area contributed by atoms with Crippen molar-refractivity contribution in [2.45, 2.75) is 13.0 Å². The number of rotatable bonds is 5. The summed E-state index contributed by atoms with van der Waals surface area (Å²) in [6.07, 6.45) is 1.98. The molecule has 0 fully saturated rings. The molecule has 1 heterocycles. The molecule has 0 aromatic heterocycles. The fourth-order valence-corrected chi connectivity index (χ4v) is 3.60. The van der Waals surface area contributed by atoms with Crippen LogP contribution in [0.15, 0.2) is 103 Å². The summed E-state index contributed by atoms with van der Waals surface area (Å²) in [5, 5.41) is 3.63. The second kappa shape index (κ2) is 8.61. The van der Waals surface area contributed by atoms with E-state index in [-0.39, 0.29) is 12.0 Å². The van der Waals surface area contributed by atoms with Crippen LogP contribution in [-0.4, -0.2) is 12.6 Å². The van der Waals surface area contributed by atoms with Crippen LogP contribution >= 0.6 is 0 Å². The second-order valence-electron chi connectivity index (χ2n) is 6.83. The zero-order valence-electron chi connectivity index (χ0n) is 16.3. The van der Waals surface area contributed by atoms with E-state index in [0.717, 1.165) is 28.0 Å². The molecule has 0 spiro atoms. The van der Waals surface area contributed by atoms with Gasteiger partial charge in [-0.3, -0.25) is 0 Å². The molecular weight excluding hydrogens is 358 g/mol. The van der Waals surface area contributed by atoms with Crippen LogP contribution in [0.3, 0.4) is 0 Å². The SMILES string of the molecule is CCOC(=O)C1=CC(c2ccccc2)=C(c2ccccc2)NC1c1ccccc1. The Morgan fingerprint density at radius 1 is 0.828 bits per heavy atom. The van der Waals surface area contributed by atoms with Crippen LogP contribution < -0.4 is 5.32 Å². The highest BCUT2D eigenvalue weighted by atomic mass is 16.5. The fourth-order valence-electron chi connectivity index (χ4n) is 3.60. The number of esters is 1. The predicted molar refractivity (Wildman–Crippen MR) is 117 cm³/mol. The van der Waals surface area contributed by atoms with E-state index in [1.54, 1.807) is 0 Å². The maximum atomic E-state index is 12.8. The molecule has 4 rings (SSSR count). The first-order chi connectivity index (χ1) is 14.3. The average Bonchev–Trinajstić information content (AvgIpc) is 2.80. The number of dihydropyridines is 1. The van der Waals surface area contributed by atoms with Gasteiger partial charge < -0.3 is 10.1 Å². The third-order valence-corrected chi connectivity index (χ3v) is 4.96. The first-order valence-electron chi connectivity index (χ1n) is 9.83. The quantitative estimate of drug-likeness (QED) is 0.602. The molecule has 0 saturated carbocycles. The second-order valence-corrected chi connectivity index (χ2v) is 6.83. The zero-order chi connectivity index (χ0) is 20.1. The van der Waals surface area contributed by atoms with Gasteiger partial charge in [-0.25, -0.2) is 4.79 Å². The fraction of sp³-hybridized carbons (Fsp3) is 0.115. The maximum absolute atomic E-state index is 12.8. The number of hydrogen-bond acceptors (Lipinski definition) is 3. The molecule has 1 atom stereocenters. The lowest BCUT2D eigenvalue weighted by atomic mass is 9.88. The van der Waals surface area contributed by atoms with Crippen molar-refractivity contribution in [3.63, 3.8) is 0 Å². The van der Waals surface area contributed by atoms with Gasteiger partial charge in [-0.05, 0) is 29.7 Å². The minimum atomic E-state index is -0.297. The molecule has 0 aliphatic carbocycles. The molecule has 3 aromatic carbocycles. The van der Waals surface area contributed by atoms with E-state index in [2.05, 4.69) is 29.6 Å². The predicted octanol–water partition coefficient (Wildman–Crippen LogP) is 5.39. The summed E-state index contributed by atoms with van der Waals surface area (Å²) in [5.74, 6) is -0.297. The van der Waals surface area contributed by atoms with Crippen molar-refractivity contribution in [1.82, 2.24) is 5.32 Å². The molecule has 3 aromatic rings. The Hall–Kier alpha value is -3.59. The monoisotopic (exact) mass is 381 g/mol. The Balaban J connectivity index is 1.91. The standard InChI is InChI=1S/C26H23NO2/c1-2-29-26(28)23-18-22(19-12-6-3-7-13-19)24(20-14-8-4-9-15-20)27-25(23)21-16-10-5-11-17-21/h3-18,25,27H,2H2,1H3. The summed E-state index contributed by atoms with van der Waals surface area (Å²) < 4.78 is 5.39. The van der Waals surface area contributed by atoms with Gasteiger partial charge in [0.1, 0.15) is 0 Å². The molecule has 1 unspecified atom stereocenters. The summed E-state index contributed by atoms with van der Waals surface area (Å²) in [4.78, 5) is 12.8. The topological polar surface area (TPSA) is 38.3 Å². The number of carbonyl (C=O) groups is 1. The first kappa shape index (κ1) is 18.8. The highest BCUT2D eigenvalue weighted by Gasteiger charge is 2.30. The molecular formula is C26H23NO2. The molecule has 3 nitrogen and oxygen atoms in total. The van der Waals surface area contributed by atoms with Crippen LogP contribution in [0.1, 0.15) is 29.7 Å². The first-order valence-corrected chi connectivity index (χ1v) is 9.83. The molecule has 29 heavy (non-hydrogen) atoms. The lowest BCUT2D eigenvalue weighted by Gasteiger charge is -2.30. The van der Waals surface area contributed by atoms with Gasteiger partial charge >= 0.3 is 5.97 Å². The van der Waals surface area contributed by atoms with Crippen LogP contribution in [0, 0.1) is 0 Å². The van der Waals surface area contributed by atoms with E-state index in [4.69, 9.17) is 4.74 Å². The highest BCUT2D eigenvalue weighted by Crippen LogP contribution is 2.37. The van der Waals surface area contributed by atoms with Crippen molar-refractivity contribution < 1.29 is 9.53 Å². The van der Waals surface area contributed by atoms with E-state index < -0.39 is 0 Å². The number of hydrogen-bond donors (Lipinski definition) is 1. The van der Waals surface area contributed by atoms with E-state index in [0.29, 0.717) is 12.2 Å². The third-order valence-electron chi connectivity index (χ3n) is 4.96. The molecule has 144 valence electrons. The number of benzene rings is 3. The minimum Gasteiger partial charge on any atom is -0.463 e. The maximum Gasteiger partial charge on any atom is 0.336 e.